The zero-order valence-corrected chi connectivity index (χ0v) is 16.0. The lowest BCUT2D eigenvalue weighted by Crippen LogP contribution is -2.25. The number of nitrogens with zero attached hydrogens (tertiary/aromatic N) is 4. The van der Waals surface area contributed by atoms with Crippen LogP contribution in [0.25, 0.3) is 22.2 Å². The minimum absolute atomic E-state index is 0.139. The van der Waals surface area contributed by atoms with Crippen molar-refractivity contribution in [1.82, 2.24) is 20.2 Å². The van der Waals surface area contributed by atoms with E-state index in [4.69, 9.17) is 4.74 Å². The second-order valence-corrected chi connectivity index (χ2v) is 6.94. The van der Waals surface area contributed by atoms with E-state index in [0.29, 0.717) is 5.82 Å². The average Bonchev–Trinajstić information content (AvgIpc) is 3.15. The number of hydrogen-bond donors (Lipinski definition) is 1. The Morgan fingerprint density at radius 3 is 2.67 bits per heavy atom. The van der Waals surface area contributed by atoms with Crippen LogP contribution in [0.2, 0.25) is 0 Å². The molecule has 0 aliphatic rings. The molecule has 0 unspecified atom stereocenters. The first-order chi connectivity index (χ1) is 13.2. The minimum Gasteiger partial charge on any atom is -0.490 e. The van der Waals surface area contributed by atoms with Gasteiger partial charge in [0.1, 0.15) is 18.5 Å². The van der Waals surface area contributed by atoms with Gasteiger partial charge >= 0.3 is 0 Å². The Bertz CT molecular complexity index is 1060. The van der Waals surface area contributed by atoms with E-state index in [-0.39, 0.29) is 13.2 Å². The number of ether oxygens (including phenoxy) is 1. The van der Waals surface area contributed by atoms with E-state index in [2.05, 4.69) is 31.3 Å². The van der Waals surface area contributed by atoms with Crippen LogP contribution >= 0.6 is 15.9 Å². The SMILES string of the molecule is O[C@@H](COc1cccc2ccccc12)Cn1nnc(-c2ccccc2Br)n1. The molecule has 0 saturated heterocycles. The lowest BCUT2D eigenvalue weighted by atomic mass is 10.1. The molecule has 3 aromatic carbocycles. The topological polar surface area (TPSA) is 73.1 Å². The number of rotatable bonds is 6. The number of aliphatic hydroxyl groups is 1. The molecule has 0 radical (unpaired) electrons. The van der Waals surface area contributed by atoms with Gasteiger partial charge < -0.3 is 9.84 Å². The van der Waals surface area contributed by atoms with Crippen LogP contribution in [0.5, 0.6) is 5.75 Å². The summed E-state index contributed by atoms with van der Waals surface area (Å²) < 4.78 is 6.71. The molecule has 0 bridgehead atoms. The van der Waals surface area contributed by atoms with Crippen molar-refractivity contribution >= 4 is 26.7 Å². The first-order valence-electron chi connectivity index (χ1n) is 8.52. The summed E-state index contributed by atoms with van der Waals surface area (Å²) in [4.78, 5) is 1.38. The first-order valence-corrected chi connectivity index (χ1v) is 9.31. The van der Waals surface area contributed by atoms with Gasteiger partial charge in [-0.3, -0.25) is 0 Å². The number of aliphatic hydroxyl groups excluding tert-OH is 1. The second kappa shape index (κ2) is 7.85. The average molecular weight is 425 g/mol. The molecular weight excluding hydrogens is 408 g/mol. The largest absolute Gasteiger partial charge is 0.490 e. The second-order valence-electron chi connectivity index (χ2n) is 6.09. The van der Waals surface area contributed by atoms with Gasteiger partial charge in [-0.2, -0.15) is 4.80 Å². The third-order valence-electron chi connectivity index (χ3n) is 4.12. The smallest absolute Gasteiger partial charge is 0.206 e. The van der Waals surface area contributed by atoms with E-state index in [1.54, 1.807) is 0 Å². The monoisotopic (exact) mass is 424 g/mol. The molecule has 1 atom stereocenters. The Hall–Kier alpha value is -2.77. The van der Waals surface area contributed by atoms with E-state index in [9.17, 15) is 5.11 Å². The molecule has 27 heavy (non-hydrogen) atoms. The van der Waals surface area contributed by atoms with Crippen LogP contribution in [0.4, 0.5) is 0 Å². The lowest BCUT2D eigenvalue weighted by molar-refractivity contribution is 0.0857. The number of fused-ring (bicyclic) bond motifs is 1. The molecule has 1 heterocycles. The number of benzene rings is 3. The van der Waals surface area contributed by atoms with Crippen molar-refractivity contribution in [3.05, 3.63) is 71.2 Å². The highest BCUT2D eigenvalue weighted by atomic mass is 79.9. The van der Waals surface area contributed by atoms with Gasteiger partial charge in [-0.1, -0.05) is 64.5 Å². The van der Waals surface area contributed by atoms with Gasteiger partial charge in [0.25, 0.3) is 0 Å². The molecule has 7 heteroatoms. The van der Waals surface area contributed by atoms with Crippen LogP contribution in [-0.4, -0.2) is 38.0 Å². The van der Waals surface area contributed by atoms with Gasteiger partial charge in [0.15, 0.2) is 0 Å². The summed E-state index contributed by atoms with van der Waals surface area (Å²) in [6.07, 6.45) is -0.759. The molecule has 0 amide bonds. The molecule has 136 valence electrons. The zero-order valence-electron chi connectivity index (χ0n) is 14.4. The summed E-state index contributed by atoms with van der Waals surface area (Å²) >= 11 is 3.48. The maximum Gasteiger partial charge on any atom is 0.206 e. The van der Waals surface area contributed by atoms with Crippen molar-refractivity contribution in [3.8, 4) is 17.1 Å². The van der Waals surface area contributed by atoms with Crippen molar-refractivity contribution in [3.63, 3.8) is 0 Å². The van der Waals surface area contributed by atoms with Crippen molar-refractivity contribution in [1.29, 1.82) is 0 Å². The fraction of sp³-hybridized carbons (Fsp3) is 0.150. The quantitative estimate of drug-likeness (QED) is 0.510. The molecule has 1 aromatic heterocycles. The standard InChI is InChI=1S/C20H17BrN4O2/c21-18-10-4-3-9-17(18)20-22-24-25(23-20)12-15(26)13-27-19-11-5-7-14-6-1-2-8-16(14)19/h1-11,15,26H,12-13H2/t15-/m1/s1. The highest BCUT2D eigenvalue weighted by Crippen LogP contribution is 2.26. The fourth-order valence-electron chi connectivity index (χ4n) is 2.82. The van der Waals surface area contributed by atoms with Crippen molar-refractivity contribution < 1.29 is 9.84 Å². The van der Waals surface area contributed by atoms with E-state index in [1.807, 2.05) is 66.7 Å². The third kappa shape index (κ3) is 3.99. The normalized spacial score (nSPS) is 12.2. The molecule has 6 nitrogen and oxygen atoms in total. The molecule has 0 aliphatic carbocycles. The number of tetrazole rings is 1. The van der Waals surface area contributed by atoms with Crippen molar-refractivity contribution in [2.45, 2.75) is 12.6 Å². The summed E-state index contributed by atoms with van der Waals surface area (Å²) in [5.74, 6) is 1.25. The summed E-state index contributed by atoms with van der Waals surface area (Å²) in [5, 5.41) is 24.8. The molecular formula is C20H17BrN4O2. The maximum absolute atomic E-state index is 10.3. The summed E-state index contributed by atoms with van der Waals surface area (Å²) in [5.41, 5.74) is 0.852. The molecule has 0 aliphatic heterocycles. The summed E-state index contributed by atoms with van der Waals surface area (Å²) in [6, 6.07) is 21.5. The van der Waals surface area contributed by atoms with Crippen LogP contribution in [0.3, 0.4) is 0 Å². The van der Waals surface area contributed by atoms with Crippen LogP contribution in [-0.2, 0) is 6.54 Å². The van der Waals surface area contributed by atoms with E-state index in [0.717, 1.165) is 26.6 Å². The van der Waals surface area contributed by atoms with E-state index in [1.165, 1.54) is 4.80 Å². The Morgan fingerprint density at radius 1 is 1.00 bits per heavy atom. The lowest BCUT2D eigenvalue weighted by Gasteiger charge is -2.13. The summed E-state index contributed by atoms with van der Waals surface area (Å²) in [6.45, 7) is 0.335. The zero-order chi connectivity index (χ0) is 18.6. The van der Waals surface area contributed by atoms with Crippen LogP contribution in [0.1, 0.15) is 0 Å². The minimum atomic E-state index is -0.759. The van der Waals surface area contributed by atoms with Crippen LogP contribution in [0.15, 0.2) is 71.2 Å². The Balaban J connectivity index is 1.41. The van der Waals surface area contributed by atoms with Crippen molar-refractivity contribution in [2.75, 3.05) is 6.61 Å². The highest BCUT2D eigenvalue weighted by Gasteiger charge is 2.13. The van der Waals surface area contributed by atoms with E-state index >= 15 is 0 Å². The Labute approximate surface area is 164 Å². The number of halogens is 1. The van der Waals surface area contributed by atoms with Gasteiger partial charge in [-0.25, -0.2) is 0 Å². The third-order valence-corrected chi connectivity index (χ3v) is 4.81. The molecule has 0 fully saturated rings. The Morgan fingerprint density at radius 2 is 1.78 bits per heavy atom. The predicted molar refractivity (Wildman–Crippen MR) is 106 cm³/mol. The number of aromatic nitrogens is 4. The maximum atomic E-state index is 10.3. The Kier molecular flexibility index (Phi) is 5.13. The molecule has 4 aromatic rings. The molecule has 0 spiro atoms. The first kappa shape index (κ1) is 17.6. The van der Waals surface area contributed by atoms with Gasteiger partial charge in [-0.05, 0) is 28.8 Å². The van der Waals surface area contributed by atoms with Gasteiger partial charge in [0, 0.05) is 15.4 Å². The van der Waals surface area contributed by atoms with Crippen molar-refractivity contribution in [2.24, 2.45) is 0 Å². The van der Waals surface area contributed by atoms with Crippen LogP contribution < -0.4 is 4.74 Å². The van der Waals surface area contributed by atoms with Gasteiger partial charge in [0.05, 0.1) is 6.54 Å². The molecule has 4 rings (SSSR count). The number of hydrogen-bond acceptors (Lipinski definition) is 5. The van der Waals surface area contributed by atoms with Gasteiger partial charge in [0.2, 0.25) is 5.82 Å². The highest BCUT2D eigenvalue weighted by molar-refractivity contribution is 9.10. The predicted octanol–water partition coefficient (Wildman–Crippen LogP) is 3.70. The summed E-state index contributed by atoms with van der Waals surface area (Å²) in [7, 11) is 0. The molecule has 1 N–H and O–H groups in total. The molecule has 0 saturated carbocycles. The van der Waals surface area contributed by atoms with Crippen LogP contribution in [0, 0.1) is 0 Å². The van der Waals surface area contributed by atoms with E-state index < -0.39 is 6.10 Å². The fourth-order valence-corrected chi connectivity index (χ4v) is 3.28. The van der Waals surface area contributed by atoms with Gasteiger partial charge in [-0.15, -0.1) is 10.2 Å².